The van der Waals surface area contributed by atoms with Gasteiger partial charge in [-0.25, -0.2) is 4.68 Å². The summed E-state index contributed by atoms with van der Waals surface area (Å²) in [6.45, 7) is 4.87. The first-order chi connectivity index (χ1) is 10.1. The molecule has 0 amide bonds. The van der Waals surface area contributed by atoms with Gasteiger partial charge in [0.15, 0.2) is 0 Å². The quantitative estimate of drug-likeness (QED) is 0.895. The molecule has 2 rings (SSSR count). The van der Waals surface area contributed by atoms with Gasteiger partial charge in [0.05, 0.1) is 23.4 Å². The van der Waals surface area contributed by atoms with E-state index in [0.29, 0.717) is 5.69 Å². The number of aliphatic hydroxyl groups excluding tert-OH is 1. The Kier molecular flexibility index (Phi) is 3.95. The molecule has 0 bridgehead atoms. The molecule has 2 N–H and O–H groups in total. The minimum Gasteiger partial charge on any atom is -0.391 e. The number of hydrogen-bond acceptors (Lipinski definition) is 2. The zero-order valence-corrected chi connectivity index (χ0v) is 12.5. The van der Waals surface area contributed by atoms with Crippen LogP contribution in [0.25, 0.3) is 5.69 Å². The number of aromatic amines is 1. The second-order valence-electron chi connectivity index (χ2n) is 6.03. The summed E-state index contributed by atoms with van der Waals surface area (Å²) >= 11 is 0. The summed E-state index contributed by atoms with van der Waals surface area (Å²) in [6.07, 6.45) is -4.58. The highest BCUT2D eigenvalue weighted by Crippen LogP contribution is 2.33. The average Bonchev–Trinajstić information content (AvgIpc) is 2.74. The monoisotopic (exact) mass is 314 g/mol. The Balaban J connectivity index is 2.76. The van der Waals surface area contributed by atoms with Crippen molar-refractivity contribution >= 4 is 0 Å². The fourth-order valence-corrected chi connectivity index (χ4v) is 2.32. The summed E-state index contributed by atoms with van der Waals surface area (Å²) in [5.41, 5.74) is -1.91. The number of halogens is 3. The van der Waals surface area contributed by atoms with Crippen LogP contribution >= 0.6 is 0 Å². The van der Waals surface area contributed by atoms with Crippen LogP contribution < -0.4 is 5.56 Å². The van der Waals surface area contributed by atoms with E-state index in [1.165, 1.54) is 18.2 Å². The Labute approximate surface area is 125 Å². The maximum absolute atomic E-state index is 13.1. The smallest absolute Gasteiger partial charge is 0.391 e. The molecule has 7 heteroatoms. The zero-order valence-electron chi connectivity index (χ0n) is 12.5. The molecule has 0 atom stereocenters. The van der Waals surface area contributed by atoms with Crippen LogP contribution in [0.3, 0.4) is 0 Å². The molecule has 0 fully saturated rings. The number of alkyl halides is 3. The molecular formula is C15H17F3N2O2. The molecule has 1 aromatic carbocycles. The van der Waals surface area contributed by atoms with Gasteiger partial charge < -0.3 is 5.11 Å². The lowest BCUT2D eigenvalue weighted by Gasteiger charge is -2.18. The molecular weight excluding hydrogens is 297 g/mol. The lowest BCUT2D eigenvalue weighted by molar-refractivity contribution is -0.137. The summed E-state index contributed by atoms with van der Waals surface area (Å²) in [5.74, 6) is 0. The number of hydrogen-bond donors (Lipinski definition) is 2. The van der Waals surface area contributed by atoms with Crippen LogP contribution in [-0.2, 0) is 18.2 Å². The third-order valence-electron chi connectivity index (χ3n) is 3.35. The molecule has 4 nitrogen and oxygen atoms in total. The average molecular weight is 314 g/mol. The Bertz CT molecular complexity index is 736. The Morgan fingerprint density at radius 3 is 2.23 bits per heavy atom. The summed E-state index contributed by atoms with van der Waals surface area (Å²) in [7, 11) is 0. The van der Waals surface area contributed by atoms with Crippen molar-refractivity contribution in [2.45, 2.75) is 39.0 Å². The van der Waals surface area contributed by atoms with Crippen molar-refractivity contribution < 1.29 is 18.3 Å². The van der Waals surface area contributed by atoms with Crippen LogP contribution in [0.2, 0.25) is 0 Å². The van der Waals surface area contributed by atoms with Crippen LogP contribution in [0.5, 0.6) is 0 Å². The van der Waals surface area contributed by atoms with Crippen LogP contribution in [0.1, 0.15) is 37.6 Å². The molecule has 22 heavy (non-hydrogen) atoms. The van der Waals surface area contributed by atoms with E-state index in [0.717, 1.165) is 10.7 Å². The standard InChI is InChI=1S/C15H17F3N2O2/c1-14(2,3)12-9(8-21)13(22)20(19-12)11-7-5-4-6-10(11)15(16,17)18/h4-7,19,21H,8H2,1-3H3. The topological polar surface area (TPSA) is 58.0 Å². The van der Waals surface area contributed by atoms with Crippen molar-refractivity contribution in [3.63, 3.8) is 0 Å². The maximum atomic E-state index is 13.1. The van der Waals surface area contributed by atoms with Crippen molar-refractivity contribution in [1.82, 2.24) is 9.78 Å². The molecule has 0 spiro atoms. The molecule has 0 radical (unpaired) electrons. The lowest BCUT2D eigenvalue weighted by atomic mass is 9.90. The molecule has 0 unspecified atom stereocenters. The summed E-state index contributed by atoms with van der Waals surface area (Å²) in [6, 6.07) is 4.82. The van der Waals surface area contributed by atoms with Gasteiger partial charge in [0, 0.05) is 11.1 Å². The van der Waals surface area contributed by atoms with Crippen molar-refractivity contribution in [3.8, 4) is 5.69 Å². The largest absolute Gasteiger partial charge is 0.418 e. The highest BCUT2D eigenvalue weighted by molar-refractivity contribution is 5.43. The van der Waals surface area contributed by atoms with E-state index in [-0.39, 0.29) is 11.3 Å². The second kappa shape index (κ2) is 5.31. The predicted molar refractivity (Wildman–Crippen MR) is 76.0 cm³/mol. The van der Waals surface area contributed by atoms with E-state index >= 15 is 0 Å². The van der Waals surface area contributed by atoms with Gasteiger partial charge in [-0.3, -0.25) is 9.89 Å². The number of aromatic nitrogens is 2. The van der Waals surface area contributed by atoms with Gasteiger partial charge in [0.2, 0.25) is 0 Å². The second-order valence-corrected chi connectivity index (χ2v) is 6.03. The van der Waals surface area contributed by atoms with E-state index in [1.54, 1.807) is 20.8 Å². The van der Waals surface area contributed by atoms with Crippen LogP contribution in [0.15, 0.2) is 29.1 Å². The van der Waals surface area contributed by atoms with Crippen molar-refractivity contribution in [1.29, 1.82) is 0 Å². The highest BCUT2D eigenvalue weighted by atomic mass is 19.4. The molecule has 0 saturated carbocycles. The molecule has 1 aromatic heterocycles. The van der Waals surface area contributed by atoms with Gasteiger partial charge in [0.25, 0.3) is 5.56 Å². The summed E-state index contributed by atoms with van der Waals surface area (Å²) in [5, 5.41) is 12.1. The third-order valence-corrected chi connectivity index (χ3v) is 3.35. The number of nitrogens with one attached hydrogen (secondary N) is 1. The lowest BCUT2D eigenvalue weighted by Crippen LogP contribution is -2.21. The van der Waals surface area contributed by atoms with Crippen LogP contribution in [-0.4, -0.2) is 14.9 Å². The van der Waals surface area contributed by atoms with Gasteiger partial charge in [-0.1, -0.05) is 32.9 Å². The van der Waals surface area contributed by atoms with Gasteiger partial charge in [0.1, 0.15) is 0 Å². The minimum absolute atomic E-state index is 0.0736. The zero-order chi connectivity index (χ0) is 16.7. The Morgan fingerprint density at radius 1 is 1.18 bits per heavy atom. The summed E-state index contributed by atoms with van der Waals surface area (Å²) in [4.78, 5) is 12.4. The van der Waals surface area contributed by atoms with Crippen molar-refractivity contribution in [2.75, 3.05) is 0 Å². The number of benzene rings is 1. The molecule has 120 valence electrons. The number of aliphatic hydroxyl groups is 1. The molecule has 0 saturated heterocycles. The third kappa shape index (κ3) is 2.81. The van der Waals surface area contributed by atoms with E-state index in [9.17, 15) is 23.1 Å². The van der Waals surface area contributed by atoms with E-state index in [4.69, 9.17) is 0 Å². The molecule has 1 heterocycles. The first kappa shape index (κ1) is 16.4. The Morgan fingerprint density at radius 2 is 1.77 bits per heavy atom. The van der Waals surface area contributed by atoms with Crippen LogP contribution in [0, 0.1) is 0 Å². The molecule has 2 aromatic rings. The Hall–Kier alpha value is -2.02. The fraction of sp³-hybridized carbons (Fsp3) is 0.400. The van der Waals surface area contributed by atoms with Gasteiger partial charge in [-0.05, 0) is 12.1 Å². The highest BCUT2D eigenvalue weighted by Gasteiger charge is 2.35. The first-order valence-electron chi connectivity index (χ1n) is 6.69. The van der Waals surface area contributed by atoms with Crippen molar-refractivity contribution in [2.24, 2.45) is 0 Å². The predicted octanol–water partition coefficient (Wildman–Crippen LogP) is 2.97. The van der Waals surface area contributed by atoms with Crippen molar-refractivity contribution in [3.05, 3.63) is 51.4 Å². The van der Waals surface area contributed by atoms with E-state index in [2.05, 4.69) is 5.10 Å². The maximum Gasteiger partial charge on any atom is 0.418 e. The number of rotatable bonds is 2. The fourth-order valence-electron chi connectivity index (χ4n) is 2.32. The molecule has 0 aliphatic carbocycles. The normalized spacial score (nSPS) is 12.7. The number of nitrogens with zero attached hydrogens (tertiary/aromatic N) is 1. The van der Waals surface area contributed by atoms with Gasteiger partial charge in [-0.15, -0.1) is 0 Å². The molecule has 0 aliphatic rings. The van der Waals surface area contributed by atoms with Gasteiger partial charge >= 0.3 is 6.18 Å². The van der Waals surface area contributed by atoms with E-state index < -0.39 is 29.3 Å². The number of para-hydroxylation sites is 1. The SMILES string of the molecule is CC(C)(C)c1[nH]n(-c2ccccc2C(F)(F)F)c(=O)c1CO. The molecule has 0 aliphatic heterocycles. The van der Waals surface area contributed by atoms with Crippen LogP contribution in [0.4, 0.5) is 13.2 Å². The first-order valence-corrected chi connectivity index (χ1v) is 6.69. The summed E-state index contributed by atoms with van der Waals surface area (Å²) < 4.78 is 40.2. The number of H-pyrrole nitrogens is 1. The minimum atomic E-state index is -4.58. The van der Waals surface area contributed by atoms with E-state index in [1.807, 2.05) is 0 Å². The van der Waals surface area contributed by atoms with Gasteiger partial charge in [-0.2, -0.15) is 13.2 Å².